The second-order valence-corrected chi connectivity index (χ2v) is 8.13. The first-order valence-corrected chi connectivity index (χ1v) is 10.6. The fraction of sp³-hybridized carbons (Fsp3) is 0.333. The maximum atomic E-state index is 11.2. The summed E-state index contributed by atoms with van der Waals surface area (Å²) >= 11 is 0. The number of piperazine rings is 1. The summed E-state index contributed by atoms with van der Waals surface area (Å²) in [5.41, 5.74) is 4.08. The van der Waals surface area contributed by atoms with Crippen molar-refractivity contribution < 1.29 is 14.3 Å². The molecule has 7 heteroatoms. The van der Waals surface area contributed by atoms with Crippen molar-refractivity contribution in [3.8, 4) is 11.5 Å². The van der Waals surface area contributed by atoms with Crippen molar-refractivity contribution in [2.45, 2.75) is 20.0 Å². The quantitative estimate of drug-likeness (QED) is 0.686. The van der Waals surface area contributed by atoms with Crippen molar-refractivity contribution in [2.24, 2.45) is 0 Å². The first kappa shape index (κ1) is 19.8. The number of benzene rings is 2. The van der Waals surface area contributed by atoms with Crippen LogP contribution in [0, 0.1) is 0 Å². The standard InChI is InChI=1S/C24H26N4O3/c1-17(29)25-20-5-6-22-19(13-20)3-4-21(26-22)15-28-10-8-27(9-11-28)14-18-2-7-23-24(12-18)31-16-30-23/h2-7,12-13H,8-11,14-16H2,1H3,(H,25,29). The van der Waals surface area contributed by atoms with E-state index in [2.05, 4.69) is 39.4 Å². The van der Waals surface area contributed by atoms with Gasteiger partial charge in [-0.1, -0.05) is 12.1 Å². The van der Waals surface area contributed by atoms with Crippen LogP contribution in [-0.4, -0.2) is 53.7 Å². The highest BCUT2D eigenvalue weighted by Gasteiger charge is 2.19. The number of ether oxygens (including phenoxy) is 2. The van der Waals surface area contributed by atoms with Gasteiger partial charge in [0, 0.05) is 57.3 Å². The summed E-state index contributed by atoms with van der Waals surface area (Å²) < 4.78 is 10.9. The van der Waals surface area contributed by atoms with Crippen molar-refractivity contribution in [3.63, 3.8) is 0 Å². The summed E-state index contributed by atoms with van der Waals surface area (Å²) in [5.74, 6) is 1.62. The SMILES string of the molecule is CC(=O)Nc1ccc2nc(CN3CCN(Cc4ccc5c(c4)OCO5)CC3)ccc2c1. The minimum atomic E-state index is -0.0680. The summed E-state index contributed by atoms with van der Waals surface area (Å²) in [6.07, 6.45) is 0. The molecule has 0 aliphatic carbocycles. The van der Waals surface area contributed by atoms with E-state index in [1.807, 2.05) is 24.3 Å². The maximum absolute atomic E-state index is 11.2. The Balaban J connectivity index is 1.16. The van der Waals surface area contributed by atoms with Crippen LogP contribution in [0.2, 0.25) is 0 Å². The zero-order valence-corrected chi connectivity index (χ0v) is 17.6. The number of carbonyl (C=O) groups excluding carboxylic acids is 1. The molecule has 3 heterocycles. The third-order valence-electron chi connectivity index (χ3n) is 5.76. The number of rotatable bonds is 5. The lowest BCUT2D eigenvalue weighted by Gasteiger charge is -2.34. The van der Waals surface area contributed by atoms with Crippen LogP contribution < -0.4 is 14.8 Å². The Morgan fingerprint density at radius 1 is 0.935 bits per heavy atom. The largest absolute Gasteiger partial charge is 0.454 e. The van der Waals surface area contributed by atoms with Crippen LogP contribution in [0.5, 0.6) is 11.5 Å². The zero-order valence-electron chi connectivity index (χ0n) is 17.6. The highest BCUT2D eigenvalue weighted by Crippen LogP contribution is 2.32. The Hall–Kier alpha value is -3.16. The Kier molecular flexibility index (Phi) is 5.44. The van der Waals surface area contributed by atoms with Crippen molar-refractivity contribution in [2.75, 3.05) is 38.3 Å². The number of nitrogens with one attached hydrogen (secondary N) is 1. The first-order valence-electron chi connectivity index (χ1n) is 10.6. The minimum Gasteiger partial charge on any atom is -0.454 e. The normalized spacial score (nSPS) is 16.5. The molecule has 0 unspecified atom stereocenters. The van der Waals surface area contributed by atoms with Gasteiger partial charge < -0.3 is 14.8 Å². The van der Waals surface area contributed by atoms with Crippen LogP contribution in [0.3, 0.4) is 0 Å². The molecule has 1 fully saturated rings. The van der Waals surface area contributed by atoms with E-state index in [0.717, 1.165) is 73.1 Å². The number of anilines is 1. The molecule has 2 aliphatic rings. The van der Waals surface area contributed by atoms with Crippen LogP contribution in [0.4, 0.5) is 5.69 Å². The lowest BCUT2D eigenvalue weighted by Crippen LogP contribution is -2.45. The molecule has 7 nitrogen and oxygen atoms in total. The fourth-order valence-corrected chi connectivity index (χ4v) is 4.17. The average Bonchev–Trinajstić information content (AvgIpc) is 3.23. The lowest BCUT2D eigenvalue weighted by atomic mass is 10.1. The van der Waals surface area contributed by atoms with E-state index in [4.69, 9.17) is 14.5 Å². The van der Waals surface area contributed by atoms with Crippen LogP contribution in [0.15, 0.2) is 48.5 Å². The van der Waals surface area contributed by atoms with Gasteiger partial charge >= 0.3 is 0 Å². The Bertz CT molecular complexity index is 1110. The van der Waals surface area contributed by atoms with Gasteiger partial charge in [-0.15, -0.1) is 0 Å². The van der Waals surface area contributed by atoms with Gasteiger partial charge in [-0.3, -0.25) is 19.6 Å². The van der Waals surface area contributed by atoms with Crippen molar-refractivity contribution in [1.82, 2.24) is 14.8 Å². The minimum absolute atomic E-state index is 0.0680. The monoisotopic (exact) mass is 418 g/mol. The third kappa shape index (κ3) is 4.62. The molecule has 2 aromatic carbocycles. The van der Waals surface area contributed by atoms with E-state index in [0.29, 0.717) is 6.79 Å². The van der Waals surface area contributed by atoms with Crippen molar-refractivity contribution in [1.29, 1.82) is 0 Å². The van der Waals surface area contributed by atoms with Gasteiger partial charge in [0.2, 0.25) is 12.7 Å². The highest BCUT2D eigenvalue weighted by atomic mass is 16.7. The number of aromatic nitrogens is 1. The third-order valence-corrected chi connectivity index (χ3v) is 5.76. The van der Waals surface area contributed by atoms with Gasteiger partial charge in [0.1, 0.15) is 0 Å². The molecule has 1 aromatic heterocycles. The number of fused-ring (bicyclic) bond motifs is 2. The molecular weight excluding hydrogens is 392 g/mol. The average molecular weight is 418 g/mol. The van der Waals surface area contributed by atoms with Crippen LogP contribution in [0.25, 0.3) is 10.9 Å². The van der Waals surface area contributed by atoms with Crippen molar-refractivity contribution >= 4 is 22.5 Å². The van der Waals surface area contributed by atoms with Gasteiger partial charge in [0.05, 0.1) is 11.2 Å². The van der Waals surface area contributed by atoms with E-state index in [-0.39, 0.29) is 5.91 Å². The van der Waals surface area contributed by atoms with E-state index >= 15 is 0 Å². The van der Waals surface area contributed by atoms with E-state index in [9.17, 15) is 4.79 Å². The van der Waals surface area contributed by atoms with Crippen molar-refractivity contribution in [3.05, 3.63) is 59.8 Å². The van der Waals surface area contributed by atoms with E-state index in [1.165, 1.54) is 12.5 Å². The summed E-state index contributed by atoms with van der Waals surface area (Å²) in [4.78, 5) is 21.0. The molecule has 0 radical (unpaired) electrons. The predicted octanol–water partition coefficient (Wildman–Crippen LogP) is 3.24. The lowest BCUT2D eigenvalue weighted by molar-refractivity contribution is -0.114. The number of hydrogen-bond donors (Lipinski definition) is 1. The molecule has 0 atom stereocenters. The zero-order chi connectivity index (χ0) is 21.2. The molecular formula is C24H26N4O3. The predicted molar refractivity (Wildman–Crippen MR) is 119 cm³/mol. The molecule has 1 saturated heterocycles. The number of hydrogen-bond acceptors (Lipinski definition) is 6. The van der Waals surface area contributed by atoms with Gasteiger partial charge in [-0.25, -0.2) is 0 Å². The number of carbonyl (C=O) groups is 1. The van der Waals surface area contributed by atoms with Crippen LogP contribution in [-0.2, 0) is 17.9 Å². The maximum Gasteiger partial charge on any atom is 0.231 e. The molecule has 31 heavy (non-hydrogen) atoms. The molecule has 0 bridgehead atoms. The van der Waals surface area contributed by atoms with Crippen LogP contribution >= 0.6 is 0 Å². The van der Waals surface area contributed by atoms with Gasteiger partial charge in [0.15, 0.2) is 11.5 Å². The fourth-order valence-electron chi connectivity index (χ4n) is 4.17. The number of pyridine rings is 1. The van der Waals surface area contributed by atoms with Gasteiger partial charge in [-0.05, 0) is 42.0 Å². The van der Waals surface area contributed by atoms with Crippen LogP contribution in [0.1, 0.15) is 18.2 Å². The summed E-state index contributed by atoms with van der Waals surface area (Å²) in [5, 5.41) is 3.85. The number of nitrogens with zero attached hydrogens (tertiary/aromatic N) is 3. The molecule has 2 aliphatic heterocycles. The second-order valence-electron chi connectivity index (χ2n) is 8.13. The summed E-state index contributed by atoms with van der Waals surface area (Å²) in [6.45, 7) is 7.70. The van der Waals surface area contributed by atoms with Gasteiger partial charge in [-0.2, -0.15) is 0 Å². The Morgan fingerprint density at radius 3 is 2.52 bits per heavy atom. The molecule has 0 spiro atoms. The summed E-state index contributed by atoms with van der Waals surface area (Å²) in [7, 11) is 0. The molecule has 1 N–H and O–H groups in total. The number of amides is 1. The van der Waals surface area contributed by atoms with E-state index in [1.54, 1.807) is 0 Å². The van der Waals surface area contributed by atoms with Gasteiger partial charge in [0.25, 0.3) is 0 Å². The molecule has 1 amide bonds. The molecule has 5 rings (SSSR count). The Labute approximate surface area is 181 Å². The Morgan fingerprint density at radius 2 is 1.71 bits per heavy atom. The van der Waals surface area contributed by atoms with E-state index < -0.39 is 0 Å². The first-order chi connectivity index (χ1) is 15.1. The topological polar surface area (TPSA) is 66.9 Å². The molecule has 3 aromatic rings. The molecule has 160 valence electrons. The summed E-state index contributed by atoms with van der Waals surface area (Å²) in [6, 6.07) is 16.2. The highest BCUT2D eigenvalue weighted by molar-refractivity contribution is 5.92. The second kappa shape index (κ2) is 8.53. The smallest absolute Gasteiger partial charge is 0.231 e. The molecule has 0 saturated carbocycles.